The highest BCUT2D eigenvalue weighted by Crippen LogP contribution is 2.17. The second kappa shape index (κ2) is 9.93. The molecule has 0 aliphatic carbocycles. The minimum Gasteiger partial charge on any atom is -0.370 e. The van der Waals surface area contributed by atoms with Gasteiger partial charge in [0.2, 0.25) is 5.91 Å². The number of nitrogens with zero attached hydrogens (tertiary/aromatic N) is 4. The lowest BCUT2D eigenvalue weighted by atomic mass is 10.2. The molecule has 6 nitrogen and oxygen atoms in total. The van der Waals surface area contributed by atoms with Crippen molar-refractivity contribution in [3.8, 4) is 0 Å². The Labute approximate surface area is 181 Å². The molecule has 30 heavy (non-hydrogen) atoms. The van der Waals surface area contributed by atoms with Crippen LogP contribution in [0.2, 0.25) is 0 Å². The normalized spacial score (nSPS) is 17.8. The van der Waals surface area contributed by atoms with Crippen LogP contribution in [0.5, 0.6) is 0 Å². The van der Waals surface area contributed by atoms with Gasteiger partial charge in [0.25, 0.3) is 0 Å². The van der Waals surface area contributed by atoms with Crippen LogP contribution in [0.25, 0.3) is 0 Å². The molecule has 0 radical (unpaired) electrons. The van der Waals surface area contributed by atoms with Crippen molar-refractivity contribution >= 4 is 17.2 Å². The minimum atomic E-state index is -0.0759. The molecule has 1 aliphatic rings. The first-order valence-electron chi connectivity index (χ1n) is 10.1. The fourth-order valence-electron chi connectivity index (χ4n) is 3.64. The average molecular weight is 423 g/mol. The van der Waals surface area contributed by atoms with E-state index in [1.165, 1.54) is 5.56 Å². The topological polar surface area (TPSA) is 58.6 Å². The van der Waals surface area contributed by atoms with Gasteiger partial charge in [-0.3, -0.25) is 14.7 Å². The lowest BCUT2D eigenvalue weighted by Crippen LogP contribution is -2.37. The quantitative estimate of drug-likeness (QED) is 0.585. The number of aryl methyl sites for hydroxylation is 1. The zero-order valence-corrected chi connectivity index (χ0v) is 17.9. The Kier molecular flexibility index (Phi) is 6.84. The maximum absolute atomic E-state index is 13.0. The fourth-order valence-corrected chi connectivity index (χ4v) is 4.24. The Morgan fingerprint density at radius 2 is 1.87 bits per heavy atom. The van der Waals surface area contributed by atoms with Crippen LogP contribution in [0, 0.1) is 6.92 Å². The summed E-state index contributed by atoms with van der Waals surface area (Å²) in [5, 5.41) is 3.05. The molecular weight excluding hydrogens is 396 g/mol. The van der Waals surface area contributed by atoms with Crippen molar-refractivity contribution in [1.82, 2.24) is 19.8 Å². The summed E-state index contributed by atoms with van der Waals surface area (Å²) in [7, 11) is 0. The first-order chi connectivity index (χ1) is 14.7. The van der Waals surface area contributed by atoms with Crippen molar-refractivity contribution in [1.29, 1.82) is 0 Å². The van der Waals surface area contributed by atoms with Gasteiger partial charge in [0.15, 0.2) is 0 Å². The van der Waals surface area contributed by atoms with Gasteiger partial charge >= 0.3 is 0 Å². The molecule has 7 heteroatoms. The van der Waals surface area contributed by atoms with Crippen LogP contribution in [0.15, 0.2) is 60.2 Å². The third-order valence-corrected chi connectivity index (χ3v) is 5.92. The number of ether oxygens (including phenoxy) is 1. The van der Waals surface area contributed by atoms with Crippen molar-refractivity contribution in [3.63, 3.8) is 0 Å². The molecule has 2 aromatic heterocycles. The number of carbonyl (C=O) groups is 1. The van der Waals surface area contributed by atoms with E-state index in [9.17, 15) is 4.79 Å². The molecule has 1 aliphatic heterocycles. The zero-order valence-electron chi connectivity index (χ0n) is 17.1. The molecular formula is C23H26N4O2S. The van der Waals surface area contributed by atoms with Crippen LogP contribution in [0.1, 0.15) is 21.8 Å². The third-order valence-electron chi connectivity index (χ3n) is 5.10. The number of aromatic nitrogens is 2. The van der Waals surface area contributed by atoms with Gasteiger partial charge in [-0.15, -0.1) is 11.3 Å². The number of benzene rings is 1. The predicted molar refractivity (Wildman–Crippen MR) is 117 cm³/mol. The van der Waals surface area contributed by atoms with E-state index in [-0.39, 0.29) is 12.0 Å². The van der Waals surface area contributed by atoms with Crippen LogP contribution >= 0.6 is 11.3 Å². The second-order valence-electron chi connectivity index (χ2n) is 7.58. The third kappa shape index (κ3) is 5.72. The molecule has 1 aromatic carbocycles. The first kappa shape index (κ1) is 20.7. The monoisotopic (exact) mass is 422 g/mol. The molecule has 1 amide bonds. The first-order valence-corrected chi connectivity index (χ1v) is 11.0. The number of hydrogen-bond donors (Lipinski definition) is 0. The summed E-state index contributed by atoms with van der Waals surface area (Å²) in [4.78, 5) is 25.7. The molecule has 0 spiro atoms. The molecule has 0 saturated carbocycles. The molecule has 1 unspecified atom stereocenters. The molecule has 1 fully saturated rings. The van der Waals surface area contributed by atoms with E-state index < -0.39 is 0 Å². The lowest BCUT2D eigenvalue weighted by Gasteiger charge is -2.24. The van der Waals surface area contributed by atoms with Crippen LogP contribution in [0.3, 0.4) is 0 Å². The van der Waals surface area contributed by atoms with E-state index >= 15 is 0 Å². The summed E-state index contributed by atoms with van der Waals surface area (Å²) in [6.07, 6.45) is 3.47. The van der Waals surface area contributed by atoms with Crippen molar-refractivity contribution < 1.29 is 9.53 Å². The molecule has 4 rings (SSSR count). The smallest absolute Gasteiger partial charge is 0.237 e. The van der Waals surface area contributed by atoms with Gasteiger partial charge in [-0.1, -0.05) is 30.3 Å². The van der Waals surface area contributed by atoms with Gasteiger partial charge in [0.1, 0.15) is 0 Å². The predicted octanol–water partition coefficient (Wildman–Crippen LogP) is 3.28. The number of thiazole rings is 1. The van der Waals surface area contributed by atoms with Crippen molar-refractivity contribution in [2.75, 3.05) is 19.6 Å². The Balaban J connectivity index is 1.48. The van der Waals surface area contributed by atoms with E-state index in [2.05, 4.69) is 27.0 Å². The summed E-state index contributed by atoms with van der Waals surface area (Å²) in [5.74, 6) is 0.117. The molecule has 156 valence electrons. The highest BCUT2D eigenvalue weighted by atomic mass is 32.1. The second-order valence-corrected chi connectivity index (χ2v) is 8.64. The maximum Gasteiger partial charge on any atom is 0.237 e. The van der Waals surface area contributed by atoms with Crippen LogP contribution in [-0.4, -0.2) is 51.4 Å². The summed E-state index contributed by atoms with van der Waals surface area (Å²) >= 11 is 1.61. The van der Waals surface area contributed by atoms with Crippen LogP contribution in [0.4, 0.5) is 0 Å². The number of carbonyl (C=O) groups excluding carboxylic acids is 1. The fraction of sp³-hybridized carbons (Fsp3) is 0.348. The highest BCUT2D eigenvalue weighted by Gasteiger charge is 2.29. The van der Waals surface area contributed by atoms with Gasteiger partial charge in [-0.05, 0) is 30.2 Å². The molecule has 3 aromatic rings. The average Bonchev–Trinajstić information content (AvgIpc) is 3.10. The van der Waals surface area contributed by atoms with Gasteiger partial charge < -0.3 is 9.64 Å². The number of rotatable bonds is 7. The van der Waals surface area contributed by atoms with Gasteiger partial charge in [-0.25, -0.2) is 4.98 Å². The van der Waals surface area contributed by atoms with E-state index in [0.717, 1.165) is 22.8 Å². The van der Waals surface area contributed by atoms with Gasteiger partial charge in [0.05, 0.1) is 36.5 Å². The Morgan fingerprint density at radius 3 is 2.60 bits per heavy atom. The molecule has 0 bridgehead atoms. The van der Waals surface area contributed by atoms with E-state index in [1.54, 1.807) is 23.7 Å². The van der Waals surface area contributed by atoms with Crippen molar-refractivity contribution in [3.05, 3.63) is 82.1 Å². The summed E-state index contributed by atoms with van der Waals surface area (Å²) in [6, 6.07) is 14.2. The highest BCUT2D eigenvalue weighted by molar-refractivity contribution is 7.09. The van der Waals surface area contributed by atoms with E-state index in [4.69, 9.17) is 4.74 Å². The SMILES string of the molecule is Cc1nc(CN2CC(OCc3ccncc3)CN(Cc3ccccc3)CC2=O)cs1. The lowest BCUT2D eigenvalue weighted by molar-refractivity contribution is -0.132. The minimum absolute atomic E-state index is 0.0759. The van der Waals surface area contributed by atoms with Crippen LogP contribution < -0.4 is 0 Å². The Morgan fingerprint density at radius 1 is 1.07 bits per heavy atom. The molecule has 1 atom stereocenters. The van der Waals surface area contributed by atoms with E-state index in [0.29, 0.717) is 32.8 Å². The van der Waals surface area contributed by atoms with Gasteiger partial charge in [0, 0.05) is 37.4 Å². The molecule has 3 heterocycles. The standard InChI is InChI=1S/C23H26N4O2S/c1-18-25-21(17-30-18)12-27-14-22(29-16-20-7-9-24-10-8-20)13-26(15-23(27)28)11-19-5-3-2-4-6-19/h2-10,17,22H,11-16H2,1H3. The Hall–Kier alpha value is -2.61. The number of amides is 1. The molecule has 0 N–H and O–H groups in total. The van der Waals surface area contributed by atoms with Gasteiger partial charge in [-0.2, -0.15) is 0 Å². The van der Waals surface area contributed by atoms with Crippen molar-refractivity contribution in [2.45, 2.75) is 32.7 Å². The Bertz CT molecular complexity index is 948. The number of hydrogen-bond acceptors (Lipinski definition) is 6. The zero-order chi connectivity index (χ0) is 20.8. The van der Waals surface area contributed by atoms with Crippen molar-refractivity contribution in [2.24, 2.45) is 0 Å². The maximum atomic E-state index is 13.0. The number of pyridine rings is 1. The van der Waals surface area contributed by atoms with E-state index in [1.807, 2.05) is 47.5 Å². The summed E-state index contributed by atoms with van der Waals surface area (Å²) in [6.45, 7) is 5.39. The molecule has 1 saturated heterocycles. The van der Waals surface area contributed by atoms with Crippen LogP contribution in [-0.2, 0) is 29.2 Å². The largest absolute Gasteiger partial charge is 0.370 e. The summed E-state index contributed by atoms with van der Waals surface area (Å²) < 4.78 is 6.26. The summed E-state index contributed by atoms with van der Waals surface area (Å²) in [5.41, 5.74) is 3.22.